The number of hydrogen-bond acceptors (Lipinski definition) is 2. The Morgan fingerprint density at radius 2 is 1.39 bits per heavy atom. The van der Waals surface area contributed by atoms with Crippen LogP contribution in [0.3, 0.4) is 0 Å². The highest BCUT2D eigenvalue weighted by Crippen LogP contribution is 2.27. The summed E-state index contributed by atoms with van der Waals surface area (Å²) in [6.45, 7) is 4.50. The molecule has 0 spiro atoms. The molecule has 2 amide bonds. The molecule has 0 bridgehead atoms. The van der Waals surface area contributed by atoms with Gasteiger partial charge in [0.15, 0.2) is 0 Å². The number of halogens is 1. The normalized spacial score (nSPS) is 12.7. The standard InChI is InChI=1S/C28H31ClN2O2/c1-3-20(2)26(31-27(32)23-14-16-24(29)17-15-23)28(33)30-19-18-25(21-10-6-4-7-11-21)22-12-8-5-9-13-22/h4-17,20,25-26H,3,18-19H2,1-2H3,(H,30,33)(H,31,32). The molecule has 0 heterocycles. The van der Waals surface area contributed by atoms with E-state index in [0.29, 0.717) is 17.1 Å². The Morgan fingerprint density at radius 3 is 1.91 bits per heavy atom. The number of nitrogens with one attached hydrogen (secondary N) is 2. The minimum Gasteiger partial charge on any atom is -0.354 e. The number of carbonyl (C=O) groups is 2. The van der Waals surface area contributed by atoms with Gasteiger partial charge in [-0.05, 0) is 47.7 Å². The summed E-state index contributed by atoms with van der Waals surface area (Å²) in [5, 5.41) is 6.53. The number of amides is 2. The molecule has 172 valence electrons. The molecule has 0 radical (unpaired) electrons. The molecule has 0 fully saturated rings. The summed E-state index contributed by atoms with van der Waals surface area (Å²) in [7, 11) is 0. The second kappa shape index (κ2) is 12.2. The van der Waals surface area contributed by atoms with E-state index in [-0.39, 0.29) is 23.7 Å². The van der Waals surface area contributed by atoms with Crippen LogP contribution in [-0.2, 0) is 4.79 Å². The van der Waals surface area contributed by atoms with Crippen LogP contribution >= 0.6 is 11.6 Å². The highest BCUT2D eigenvalue weighted by atomic mass is 35.5. The zero-order chi connectivity index (χ0) is 23.6. The van der Waals surface area contributed by atoms with Crippen LogP contribution in [0.15, 0.2) is 84.9 Å². The highest BCUT2D eigenvalue weighted by molar-refractivity contribution is 6.30. The summed E-state index contributed by atoms with van der Waals surface area (Å²) < 4.78 is 0. The predicted molar refractivity (Wildman–Crippen MR) is 135 cm³/mol. The van der Waals surface area contributed by atoms with Crippen LogP contribution in [0, 0.1) is 5.92 Å². The van der Waals surface area contributed by atoms with Gasteiger partial charge in [0.1, 0.15) is 6.04 Å². The fourth-order valence-electron chi connectivity index (χ4n) is 3.87. The van der Waals surface area contributed by atoms with Crippen molar-refractivity contribution in [3.8, 4) is 0 Å². The molecule has 0 aromatic heterocycles. The van der Waals surface area contributed by atoms with E-state index in [1.807, 2.05) is 50.2 Å². The summed E-state index contributed by atoms with van der Waals surface area (Å²) in [4.78, 5) is 25.8. The molecule has 2 N–H and O–H groups in total. The number of carbonyl (C=O) groups excluding carboxylic acids is 2. The lowest BCUT2D eigenvalue weighted by Gasteiger charge is -2.24. The van der Waals surface area contributed by atoms with Crippen LogP contribution in [0.2, 0.25) is 5.02 Å². The molecule has 5 heteroatoms. The van der Waals surface area contributed by atoms with Gasteiger partial charge in [-0.25, -0.2) is 0 Å². The molecule has 0 saturated carbocycles. The van der Waals surface area contributed by atoms with Gasteiger partial charge in [0.05, 0.1) is 0 Å². The Kier molecular flexibility index (Phi) is 9.08. The lowest BCUT2D eigenvalue weighted by molar-refractivity contribution is -0.124. The summed E-state index contributed by atoms with van der Waals surface area (Å²) >= 11 is 5.92. The fourth-order valence-corrected chi connectivity index (χ4v) is 4.00. The van der Waals surface area contributed by atoms with Crippen molar-refractivity contribution >= 4 is 23.4 Å². The van der Waals surface area contributed by atoms with E-state index in [1.54, 1.807) is 24.3 Å². The second-order valence-electron chi connectivity index (χ2n) is 8.30. The molecule has 33 heavy (non-hydrogen) atoms. The molecule has 0 aliphatic heterocycles. The van der Waals surface area contributed by atoms with Crippen molar-refractivity contribution in [1.29, 1.82) is 0 Å². The average molecular weight is 463 g/mol. The minimum atomic E-state index is -0.606. The van der Waals surface area contributed by atoms with Crippen LogP contribution in [0.5, 0.6) is 0 Å². The Bertz CT molecular complexity index is 983. The zero-order valence-corrected chi connectivity index (χ0v) is 19.9. The Balaban J connectivity index is 1.66. The van der Waals surface area contributed by atoms with E-state index < -0.39 is 6.04 Å². The van der Waals surface area contributed by atoms with Gasteiger partial charge in [-0.3, -0.25) is 9.59 Å². The van der Waals surface area contributed by atoms with Crippen LogP contribution < -0.4 is 10.6 Å². The first-order chi connectivity index (χ1) is 16.0. The van der Waals surface area contributed by atoms with Crippen molar-refractivity contribution in [2.45, 2.75) is 38.6 Å². The van der Waals surface area contributed by atoms with E-state index in [9.17, 15) is 9.59 Å². The molecule has 3 aromatic carbocycles. The first kappa shape index (κ1) is 24.5. The quantitative estimate of drug-likeness (QED) is 0.398. The minimum absolute atomic E-state index is 0.000272. The molecule has 0 saturated heterocycles. The monoisotopic (exact) mass is 462 g/mol. The zero-order valence-electron chi connectivity index (χ0n) is 19.1. The van der Waals surface area contributed by atoms with Crippen molar-refractivity contribution < 1.29 is 9.59 Å². The topological polar surface area (TPSA) is 58.2 Å². The SMILES string of the molecule is CCC(C)C(NC(=O)c1ccc(Cl)cc1)C(=O)NCCC(c1ccccc1)c1ccccc1. The molecule has 3 aromatic rings. The first-order valence-corrected chi connectivity index (χ1v) is 11.8. The molecular formula is C28H31ClN2O2. The van der Waals surface area contributed by atoms with Crippen LogP contribution in [0.1, 0.15) is 54.1 Å². The van der Waals surface area contributed by atoms with Gasteiger partial charge < -0.3 is 10.6 Å². The largest absolute Gasteiger partial charge is 0.354 e. The first-order valence-electron chi connectivity index (χ1n) is 11.4. The van der Waals surface area contributed by atoms with Gasteiger partial charge in [-0.2, -0.15) is 0 Å². The molecule has 0 aliphatic rings. The fraction of sp³-hybridized carbons (Fsp3) is 0.286. The Labute approximate surface area is 201 Å². The Hall–Kier alpha value is -3.11. The van der Waals surface area contributed by atoms with Crippen LogP contribution in [0.4, 0.5) is 0 Å². The number of hydrogen-bond donors (Lipinski definition) is 2. The molecule has 0 aliphatic carbocycles. The van der Waals surface area contributed by atoms with Crippen molar-refractivity contribution in [3.05, 3.63) is 107 Å². The van der Waals surface area contributed by atoms with Crippen molar-refractivity contribution in [1.82, 2.24) is 10.6 Å². The van der Waals surface area contributed by atoms with E-state index in [0.717, 1.165) is 12.8 Å². The van der Waals surface area contributed by atoms with E-state index in [1.165, 1.54) is 11.1 Å². The third kappa shape index (κ3) is 6.93. The maximum atomic E-state index is 13.1. The molecule has 2 unspecified atom stereocenters. The van der Waals surface area contributed by atoms with Gasteiger partial charge >= 0.3 is 0 Å². The summed E-state index contributed by atoms with van der Waals surface area (Å²) in [5.74, 6) is -0.260. The van der Waals surface area contributed by atoms with Gasteiger partial charge in [0.2, 0.25) is 5.91 Å². The average Bonchev–Trinajstić information content (AvgIpc) is 2.86. The van der Waals surface area contributed by atoms with Crippen LogP contribution in [-0.4, -0.2) is 24.4 Å². The lowest BCUT2D eigenvalue weighted by atomic mass is 9.88. The Morgan fingerprint density at radius 1 is 0.848 bits per heavy atom. The van der Waals surface area contributed by atoms with E-state index in [2.05, 4.69) is 34.9 Å². The third-order valence-corrected chi connectivity index (χ3v) is 6.28. The van der Waals surface area contributed by atoms with Gasteiger partial charge in [-0.15, -0.1) is 0 Å². The molecular weight excluding hydrogens is 432 g/mol. The van der Waals surface area contributed by atoms with Crippen molar-refractivity contribution in [2.24, 2.45) is 5.92 Å². The van der Waals surface area contributed by atoms with Crippen molar-refractivity contribution in [2.75, 3.05) is 6.54 Å². The van der Waals surface area contributed by atoms with Gasteiger partial charge in [0, 0.05) is 23.0 Å². The summed E-state index contributed by atoms with van der Waals surface area (Å²) in [6.07, 6.45) is 1.54. The molecule has 4 nitrogen and oxygen atoms in total. The maximum Gasteiger partial charge on any atom is 0.251 e. The lowest BCUT2D eigenvalue weighted by Crippen LogP contribution is -2.50. The predicted octanol–water partition coefficient (Wildman–Crippen LogP) is 5.82. The van der Waals surface area contributed by atoms with E-state index in [4.69, 9.17) is 11.6 Å². The van der Waals surface area contributed by atoms with Gasteiger partial charge in [-0.1, -0.05) is 92.5 Å². The summed E-state index contributed by atoms with van der Waals surface area (Å²) in [5.41, 5.74) is 2.91. The molecule has 3 rings (SSSR count). The smallest absolute Gasteiger partial charge is 0.251 e. The third-order valence-electron chi connectivity index (χ3n) is 6.02. The number of benzene rings is 3. The van der Waals surface area contributed by atoms with E-state index >= 15 is 0 Å². The number of rotatable bonds is 10. The van der Waals surface area contributed by atoms with Crippen LogP contribution in [0.25, 0.3) is 0 Å². The molecule has 2 atom stereocenters. The maximum absolute atomic E-state index is 13.1. The van der Waals surface area contributed by atoms with Gasteiger partial charge in [0.25, 0.3) is 5.91 Å². The second-order valence-corrected chi connectivity index (χ2v) is 8.73. The van der Waals surface area contributed by atoms with Crippen molar-refractivity contribution in [3.63, 3.8) is 0 Å². The highest BCUT2D eigenvalue weighted by Gasteiger charge is 2.26. The summed E-state index contributed by atoms with van der Waals surface area (Å²) in [6, 6.07) is 26.7.